The van der Waals surface area contributed by atoms with E-state index in [1.807, 2.05) is 0 Å². The Morgan fingerprint density at radius 2 is 1.79 bits per heavy atom. The molecule has 1 saturated carbocycles. The van der Waals surface area contributed by atoms with E-state index in [0.717, 1.165) is 13.0 Å². The molecule has 1 aliphatic heterocycles. The van der Waals surface area contributed by atoms with E-state index >= 15 is 0 Å². The molecule has 0 aromatic carbocycles. The predicted molar refractivity (Wildman–Crippen MR) is 79.8 cm³/mol. The molecule has 2 aliphatic carbocycles. The summed E-state index contributed by atoms with van der Waals surface area (Å²) in [6.45, 7) is 7.74. The van der Waals surface area contributed by atoms with Gasteiger partial charge < -0.3 is 4.74 Å². The van der Waals surface area contributed by atoms with Crippen molar-refractivity contribution in [1.29, 1.82) is 0 Å². The van der Waals surface area contributed by atoms with E-state index in [9.17, 15) is 4.79 Å². The maximum absolute atomic E-state index is 12.4. The molecule has 0 radical (unpaired) electrons. The van der Waals surface area contributed by atoms with Crippen LogP contribution in [0.4, 0.5) is 0 Å². The van der Waals surface area contributed by atoms with Crippen molar-refractivity contribution in [1.82, 2.24) is 0 Å². The van der Waals surface area contributed by atoms with Crippen molar-refractivity contribution in [3.63, 3.8) is 0 Å². The molecule has 0 amide bonds. The van der Waals surface area contributed by atoms with Crippen molar-refractivity contribution in [2.45, 2.75) is 64.3 Å². The quantitative estimate of drug-likeness (QED) is 0.719. The van der Waals surface area contributed by atoms with Gasteiger partial charge in [-0.1, -0.05) is 38.9 Å². The first kappa shape index (κ1) is 13.6. The van der Waals surface area contributed by atoms with Gasteiger partial charge in [-0.25, -0.2) is 0 Å². The molecule has 106 valence electrons. The zero-order valence-corrected chi connectivity index (χ0v) is 13.5. The van der Waals surface area contributed by atoms with Gasteiger partial charge in [-0.2, -0.15) is 0 Å². The zero-order valence-electron chi connectivity index (χ0n) is 12.5. The highest BCUT2D eigenvalue weighted by Gasteiger charge is 2.47. The van der Waals surface area contributed by atoms with Crippen LogP contribution in [0.25, 0.3) is 0 Å². The van der Waals surface area contributed by atoms with Crippen LogP contribution in [-0.4, -0.2) is 26.6 Å². The Morgan fingerprint density at radius 3 is 2.42 bits per heavy atom. The van der Waals surface area contributed by atoms with Crippen molar-refractivity contribution < 1.29 is 9.53 Å². The van der Waals surface area contributed by atoms with E-state index in [0.29, 0.717) is 23.7 Å². The maximum Gasteiger partial charge on any atom is 0.155 e. The average molecular weight is 278 g/mol. The van der Waals surface area contributed by atoms with Crippen LogP contribution in [0.2, 0.25) is 19.6 Å². The van der Waals surface area contributed by atoms with Crippen molar-refractivity contribution in [3.05, 3.63) is 10.8 Å². The first-order valence-electron chi connectivity index (χ1n) is 7.88. The molecule has 0 unspecified atom stereocenters. The lowest BCUT2D eigenvalue weighted by Gasteiger charge is -2.30. The topological polar surface area (TPSA) is 26.3 Å². The Hall–Kier alpha value is -0.413. The fourth-order valence-corrected chi connectivity index (χ4v) is 6.46. The molecule has 0 aromatic rings. The first-order chi connectivity index (χ1) is 8.98. The molecule has 0 N–H and O–H groups in total. The minimum atomic E-state index is -1.53. The molecule has 0 aromatic heterocycles. The van der Waals surface area contributed by atoms with Crippen LogP contribution in [0.3, 0.4) is 0 Å². The van der Waals surface area contributed by atoms with Gasteiger partial charge in [0.1, 0.15) is 0 Å². The van der Waals surface area contributed by atoms with Crippen molar-refractivity contribution in [3.8, 4) is 0 Å². The lowest BCUT2D eigenvalue weighted by molar-refractivity contribution is -0.115. The standard InChI is InChI=1S/C16H26O2Si/c1-19(2,3)16-13(17)9-12-10-18-15(14(12)16)11-7-5-4-6-8-11/h11-12,15H,4-10H2,1-3H3/t12-,15+/m1/s1. The number of carbonyl (C=O) groups excluding carboxylic acids is 1. The summed E-state index contributed by atoms with van der Waals surface area (Å²) < 4.78 is 6.15. The molecule has 2 nitrogen and oxygen atoms in total. The van der Waals surface area contributed by atoms with Crippen molar-refractivity contribution in [2.24, 2.45) is 11.8 Å². The second-order valence-corrected chi connectivity index (χ2v) is 12.6. The molecule has 3 aliphatic rings. The third-order valence-corrected chi connectivity index (χ3v) is 7.12. The number of hydrogen-bond acceptors (Lipinski definition) is 2. The first-order valence-corrected chi connectivity index (χ1v) is 11.4. The summed E-state index contributed by atoms with van der Waals surface area (Å²) in [4.78, 5) is 12.4. The second-order valence-electron chi connectivity index (χ2n) is 7.56. The monoisotopic (exact) mass is 278 g/mol. The number of rotatable bonds is 2. The fraction of sp³-hybridized carbons (Fsp3) is 0.812. The molecule has 1 saturated heterocycles. The molecule has 0 bridgehead atoms. The van der Waals surface area contributed by atoms with Crippen LogP contribution in [-0.2, 0) is 9.53 Å². The van der Waals surface area contributed by atoms with E-state index in [2.05, 4.69) is 19.6 Å². The maximum atomic E-state index is 12.4. The van der Waals surface area contributed by atoms with Gasteiger partial charge in [-0.3, -0.25) is 4.79 Å². The van der Waals surface area contributed by atoms with Crippen LogP contribution in [0, 0.1) is 11.8 Å². The number of carbonyl (C=O) groups is 1. The second kappa shape index (κ2) is 4.85. The Kier molecular flexibility index (Phi) is 3.46. The summed E-state index contributed by atoms with van der Waals surface area (Å²) >= 11 is 0. The van der Waals surface area contributed by atoms with E-state index in [4.69, 9.17) is 4.74 Å². The minimum Gasteiger partial charge on any atom is -0.373 e. The smallest absolute Gasteiger partial charge is 0.155 e. The third-order valence-electron chi connectivity index (χ3n) is 5.05. The summed E-state index contributed by atoms with van der Waals surface area (Å²) in [6.07, 6.45) is 7.70. The highest BCUT2D eigenvalue weighted by molar-refractivity contribution is 6.87. The SMILES string of the molecule is C[Si](C)(C)C1=C2[C@@H](CO[C@H]2C2CCCCC2)CC1=O. The number of ether oxygens (including phenoxy) is 1. The van der Waals surface area contributed by atoms with Gasteiger partial charge in [0.15, 0.2) is 5.78 Å². The normalized spacial score (nSPS) is 33.1. The minimum absolute atomic E-state index is 0.290. The van der Waals surface area contributed by atoms with Gasteiger partial charge in [-0.05, 0) is 29.5 Å². The molecular weight excluding hydrogens is 252 g/mol. The summed E-state index contributed by atoms with van der Waals surface area (Å²) in [6, 6.07) is 0. The molecule has 3 rings (SSSR count). The molecule has 2 fully saturated rings. The van der Waals surface area contributed by atoms with Crippen LogP contribution in [0.5, 0.6) is 0 Å². The van der Waals surface area contributed by atoms with Gasteiger partial charge >= 0.3 is 0 Å². The van der Waals surface area contributed by atoms with E-state index in [-0.39, 0.29) is 0 Å². The number of allylic oxidation sites excluding steroid dienone is 1. The third kappa shape index (κ3) is 2.36. The number of hydrogen-bond donors (Lipinski definition) is 0. The highest BCUT2D eigenvalue weighted by atomic mass is 28.3. The Bertz CT molecular complexity index is 413. The van der Waals surface area contributed by atoms with Crippen molar-refractivity contribution in [2.75, 3.05) is 6.61 Å². The van der Waals surface area contributed by atoms with E-state index < -0.39 is 8.07 Å². The zero-order chi connectivity index (χ0) is 13.6. The Balaban J connectivity index is 1.94. The molecular formula is C16H26O2Si. The van der Waals surface area contributed by atoms with Gasteiger partial charge in [0.25, 0.3) is 0 Å². The van der Waals surface area contributed by atoms with Crippen molar-refractivity contribution >= 4 is 13.9 Å². The van der Waals surface area contributed by atoms with Gasteiger partial charge in [0.2, 0.25) is 0 Å². The summed E-state index contributed by atoms with van der Waals surface area (Å²) in [5.41, 5.74) is 1.45. The van der Waals surface area contributed by atoms with Crippen LogP contribution in [0.15, 0.2) is 10.8 Å². The lowest BCUT2D eigenvalue weighted by atomic mass is 9.81. The molecule has 3 heteroatoms. The van der Waals surface area contributed by atoms with E-state index in [1.165, 1.54) is 42.9 Å². The fourth-order valence-electron chi connectivity index (χ4n) is 4.31. The van der Waals surface area contributed by atoms with Crippen LogP contribution >= 0.6 is 0 Å². The lowest BCUT2D eigenvalue weighted by Crippen LogP contribution is -2.32. The van der Waals surface area contributed by atoms with Gasteiger partial charge in [-0.15, -0.1) is 0 Å². The summed E-state index contributed by atoms with van der Waals surface area (Å²) in [5, 5.41) is 1.24. The molecule has 2 atom stereocenters. The summed E-state index contributed by atoms with van der Waals surface area (Å²) in [7, 11) is -1.53. The number of Topliss-reactive ketones (excluding diaryl/α,β-unsaturated/α-hetero) is 1. The average Bonchev–Trinajstić information content (AvgIpc) is 2.86. The Morgan fingerprint density at radius 1 is 1.11 bits per heavy atom. The van der Waals surface area contributed by atoms with E-state index in [1.54, 1.807) is 0 Å². The molecule has 19 heavy (non-hydrogen) atoms. The molecule has 1 heterocycles. The van der Waals surface area contributed by atoms with Gasteiger partial charge in [0, 0.05) is 12.3 Å². The van der Waals surface area contributed by atoms with Gasteiger partial charge in [0.05, 0.1) is 20.8 Å². The van der Waals surface area contributed by atoms with Crippen LogP contribution < -0.4 is 0 Å². The number of fused-ring (bicyclic) bond motifs is 1. The highest BCUT2D eigenvalue weighted by Crippen LogP contribution is 2.46. The largest absolute Gasteiger partial charge is 0.373 e. The predicted octanol–water partition coefficient (Wildman–Crippen LogP) is 3.73. The van der Waals surface area contributed by atoms with Crippen LogP contribution in [0.1, 0.15) is 38.5 Å². The Labute approximate surface area is 117 Å². The number of ketones is 1. The summed E-state index contributed by atoms with van der Waals surface area (Å²) in [5.74, 6) is 1.57. The molecule has 0 spiro atoms.